The Labute approximate surface area is 120 Å². The van der Waals surface area contributed by atoms with Crippen molar-refractivity contribution in [3.05, 3.63) is 76.6 Å². The molecule has 0 unspecified atom stereocenters. The summed E-state index contributed by atoms with van der Waals surface area (Å²) in [5, 5.41) is 0. The molecule has 2 nitrogen and oxygen atoms in total. The highest BCUT2D eigenvalue weighted by Gasteiger charge is 2.01. The van der Waals surface area contributed by atoms with Crippen molar-refractivity contribution in [3.8, 4) is 0 Å². The minimum absolute atomic E-state index is 0.669. The average molecular weight is 262 g/mol. The van der Waals surface area contributed by atoms with Gasteiger partial charge in [0, 0.05) is 19.8 Å². The topological polar surface area (TPSA) is 7.60 Å². The summed E-state index contributed by atoms with van der Waals surface area (Å²) in [5.74, 6) is 0. The molecule has 0 aliphatic carbocycles. The minimum atomic E-state index is 0.669. The molecule has 0 saturated carbocycles. The fourth-order valence-corrected chi connectivity index (χ4v) is 1.93. The van der Waals surface area contributed by atoms with E-state index in [-0.39, 0.29) is 0 Å². The zero-order chi connectivity index (χ0) is 14.5. The van der Waals surface area contributed by atoms with Gasteiger partial charge >= 0.3 is 0 Å². The molecule has 0 spiro atoms. The van der Waals surface area contributed by atoms with Gasteiger partial charge in [0.15, 0.2) is 5.70 Å². The molecule has 0 aromatic heterocycles. The average Bonchev–Trinajstić information content (AvgIpc) is 2.46. The van der Waals surface area contributed by atoms with E-state index in [2.05, 4.69) is 21.9 Å². The highest BCUT2D eigenvalue weighted by atomic mass is 15.1. The second kappa shape index (κ2) is 6.08. The molecule has 2 rings (SSSR count). The van der Waals surface area contributed by atoms with E-state index in [0.717, 1.165) is 16.8 Å². The first-order valence-electron chi connectivity index (χ1n) is 6.54. The van der Waals surface area contributed by atoms with Crippen LogP contribution in [0.2, 0.25) is 0 Å². The second-order valence-corrected chi connectivity index (χ2v) is 4.99. The first-order chi connectivity index (χ1) is 9.60. The molecule has 0 N–H and O–H groups in total. The first-order valence-corrected chi connectivity index (χ1v) is 6.54. The fourth-order valence-electron chi connectivity index (χ4n) is 1.93. The van der Waals surface area contributed by atoms with Gasteiger partial charge in [0.2, 0.25) is 0 Å². The maximum Gasteiger partial charge on any atom is 0.194 e. The zero-order valence-electron chi connectivity index (χ0n) is 12.1. The quantitative estimate of drug-likeness (QED) is 0.584. The molecule has 0 atom stereocenters. The SMILES string of the molecule is [C-]#[N+]/C(=C\c1ccc(N(C)C)cc1)c1ccc(C)cc1. The van der Waals surface area contributed by atoms with Gasteiger partial charge in [-0.15, -0.1) is 0 Å². The van der Waals surface area contributed by atoms with Crippen LogP contribution in [0.5, 0.6) is 0 Å². The summed E-state index contributed by atoms with van der Waals surface area (Å²) < 4.78 is 0. The summed E-state index contributed by atoms with van der Waals surface area (Å²) >= 11 is 0. The van der Waals surface area contributed by atoms with Gasteiger partial charge in [0.05, 0.1) is 6.57 Å². The van der Waals surface area contributed by atoms with Crippen molar-refractivity contribution in [2.24, 2.45) is 0 Å². The molecule has 0 aliphatic rings. The van der Waals surface area contributed by atoms with E-state index in [4.69, 9.17) is 6.57 Å². The normalized spacial score (nSPS) is 11.0. The van der Waals surface area contributed by atoms with Crippen molar-refractivity contribution in [3.63, 3.8) is 0 Å². The van der Waals surface area contributed by atoms with E-state index in [0.29, 0.717) is 5.70 Å². The zero-order valence-corrected chi connectivity index (χ0v) is 12.1. The molecule has 2 heteroatoms. The summed E-state index contributed by atoms with van der Waals surface area (Å²) in [7, 11) is 4.03. The third kappa shape index (κ3) is 3.27. The Morgan fingerprint density at radius 3 is 2.10 bits per heavy atom. The molecule has 20 heavy (non-hydrogen) atoms. The van der Waals surface area contributed by atoms with Crippen molar-refractivity contribution >= 4 is 17.5 Å². The van der Waals surface area contributed by atoms with Crippen LogP contribution >= 0.6 is 0 Å². The standard InChI is InChI=1S/C18H18N2/c1-14-5-9-16(10-6-14)18(19-2)13-15-7-11-17(12-8-15)20(3)4/h5-13H,1,3-4H3/b18-13-. The van der Waals surface area contributed by atoms with E-state index in [1.807, 2.05) is 63.5 Å². The van der Waals surface area contributed by atoms with Crippen LogP contribution < -0.4 is 4.90 Å². The molecule has 0 amide bonds. The minimum Gasteiger partial charge on any atom is -0.378 e. The maximum atomic E-state index is 7.36. The molecular weight excluding hydrogens is 244 g/mol. The van der Waals surface area contributed by atoms with Gasteiger partial charge < -0.3 is 4.90 Å². The molecule has 2 aromatic carbocycles. The molecule has 0 fully saturated rings. The largest absolute Gasteiger partial charge is 0.378 e. The van der Waals surface area contributed by atoms with Gasteiger partial charge in [-0.3, -0.25) is 0 Å². The van der Waals surface area contributed by atoms with Gasteiger partial charge in [-0.1, -0.05) is 42.0 Å². The molecule has 0 heterocycles. The Kier molecular flexibility index (Phi) is 4.22. The Balaban J connectivity index is 2.31. The number of rotatable bonds is 3. The van der Waals surface area contributed by atoms with Gasteiger partial charge in [-0.2, -0.15) is 0 Å². The van der Waals surface area contributed by atoms with Crippen LogP contribution in [0.1, 0.15) is 16.7 Å². The molecule has 0 radical (unpaired) electrons. The lowest BCUT2D eigenvalue weighted by molar-refractivity contribution is 1.13. The molecule has 0 aliphatic heterocycles. The Morgan fingerprint density at radius 2 is 1.60 bits per heavy atom. The monoisotopic (exact) mass is 262 g/mol. The number of aryl methyl sites for hydroxylation is 1. The van der Waals surface area contributed by atoms with E-state index >= 15 is 0 Å². The summed E-state index contributed by atoms with van der Waals surface area (Å²) in [6, 6.07) is 16.2. The summed E-state index contributed by atoms with van der Waals surface area (Å²) in [6.45, 7) is 9.41. The number of benzene rings is 2. The van der Waals surface area contributed by atoms with Gasteiger partial charge in [-0.05, 0) is 36.3 Å². The molecular formula is C18H18N2. The van der Waals surface area contributed by atoms with Crippen molar-refractivity contribution in [2.45, 2.75) is 6.92 Å². The van der Waals surface area contributed by atoms with Crippen LogP contribution in [0.3, 0.4) is 0 Å². The van der Waals surface area contributed by atoms with Gasteiger partial charge in [-0.25, -0.2) is 4.85 Å². The van der Waals surface area contributed by atoms with E-state index in [9.17, 15) is 0 Å². The Bertz CT molecular complexity index is 641. The van der Waals surface area contributed by atoms with Crippen molar-refractivity contribution in [1.29, 1.82) is 0 Å². The Hall–Kier alpha value is -2.53. The highest BCUT2D eigenvalue weighted by Crippen LogP contribution is 2.21. The fraction of sp³-hybridized carbons (Fsp3) is 0.167. The van der Waals surface area contributed by atoms with Crippen LogP contribution in [0.4, 0.5) is 5.69 Å². The van der Waals surface area contributed by atoms with Crippen LogP contribution in [-0.2, 0) is 0 Å². The van der Waals surface area contributed by atoms with Crippen LogP contribution in [0.15, 0.2) is 48.5 Å². The molecule has 0 bridgehead atoms. The third-order valence-electron chi connectivity index (χ3n) is 3.18. The van der Waals surface area contributed by atoms with Crippen LogP contribution in [0.25, 0.3) is 16.6 Å². The number of nitrogens with zero attached hydrogens (tertiary/aromatic N) is 2. The third-order valence-corrected chi connectivity index (χ3v) is 3.18. The summed E-state index contributed by atoms with van der Waals surface area (Å²) in [5.41, 5.74) is 5.03. The number of hydrogen-bond donors (Lipinski definition) is 0. The molecule has 2 aromatic rings. The lowest BCUT2D eigenvalue weighted by Crippen LogP contribution is -2.07. The molecule has 0 saturated heterocycles. The van der Waals surface area contributed by atoms with Gasteiger partial charge in [0.25, 0.3) is 0 Å². The van der Waals surface area contributed by atoms with Crippen LogP contribution in [0, 0.1) is 13.5 Å². The highest BCUT2D eigenvalue weighted by molar-refractivity contribution is 5.85. The summed E-state index contributed by atoms with van der Waals surface area (Å²) in [6.07, 6.45) is 1.93. The maximum absolute atomic E-state index is 7.36. The molecule has 100 valence electrons. The van der Waals surface area contributed by atoms with Crippen LogP contribution in [-0.4, -0.2) is 14.1 Å². The van der Waals surface area contributed by atoms with Gasteiger partial charge in [0.1, 0.15) is 0 Å². The predicted octanol–water partition coefficient (Wildman–Crippen LogP) is 4.48. The Morgan fingerprint density at radius 1 is 1.00 bits per heavy atom. The first kappa shape index (κ1) is 13.9. The number of anilines is 1. The lowest BCUT2D eigenvalue weighted by Gasteiger charge is -2.12. The number of hydrogen-bond acceptors (Lipinski definition) is 1. The van der Waals surface area contributed by atoms with E-state index in [1.165, 1.54) is 5.56 Å². The second-order valence-electron chi connectivity index (χ2n) is 4.99. The van der Waals surface area contributed by atoms with E-state index in [1.54, 1.807) is 0 Å². The smallest absolute Gasteiger partial charge is 0.194 e. The predicted molar refractivity (Wildman–Crippen MR) is 86.4 cm³/mol. The van der Waals surface area contributed by atoms with Crippen molar-refractivity contribution < 1.29 is 0 Å². The summed E-state index contributed by atoms with van der Waals surface area (Å²) in [4.78, 5) is 5.70. The van der Waals surface area contributed by atoms with E-state index < -0.39 is 0 Å². The van der Waals surface area contributed by atoms with Crippen molar-refractivity contribution in [2.75, 3.05) is 19.0 Å². The lowest BCUT2D eigenvalue weighted by atomic mass is 10.1. The van der Waals surface area contributed by atoms with Crippen molar-refractivity contribution in [1.82, 2.24) is 0 Å².